The molecule has 0 aromatic heterocycles. The molecule has 0 unspecified atom stereocenters. The second-order valence-corrected chi connectivity index (χ2v) is 8.76. The Bertz CT molecular complexity index is 722. The molecule has 0 bridgehead atoms. The molecule has 0 aliphatic carbocycles. The molecule has 1 fully saturated rings. The summed E-state index contributed by atoms with van der Waals surface area (Å²) in [5.41, 5.74) is 0.937. The van der Waals surface area contributed by atoms with E-state index in [1.807, 2.05) is 44.4 Å². The van der Waals surface area contributed by atoms with Crippen LogP contribution in [0.2, 0.25) is 0 Å². The first-order chi connectivity index (χ1) is 12.4. The van der Waals surface area contributed by atoms with E-state index in [2.05, 4.69) is 15.9 Å². The van der Waals surface area contributed by atoms with E-state index < -0.39 is 0 Å². The summed E-state index contributed by atoms with van der Waals surface area (Å²) in [7, 11) is 4.01. The Labute approximate surface area is 171 Å². The molecule has 5 nitrogen and oxygen atoms in total. The van der Waals surface area contributed by atoms with Gasteiger partial charge >= 0.3 is 5.97 Å². The molecule has 1 saturated heterocycles. The predicted octanol–water partition coefficient (Wildman–Crippen LogP) is 2.12. The molecule has 1 heterocycles. The molecule has 1 amide bonds. The highest BCUT2D eigenvalue weighted by molar-refractivity contribution is 9.10. The number of rotatable bonds is 8. The highest BCUT2D eigenvalue weighted by Gasteiger charge is 2.31. The van der Waals surface area contributed by atoms with E-state index in [1.165, 1.54) is 16.7 Å². The minimum absolute atomic E-state index is 0.107. The topological polar surface area (TPSA) is 51.1 Å². The smallest absolute Gasteiger partial charge is 0.306 e. The number of nitrogens with zero attached hydrogens (tertiary/aromatic N) is 1. The van der Waals surface area contributed by atoms with E-state index in [0.29, 0.717) is 28.8 Å². The van der Waals surface area contributed by atoms with Crippen molar-refractivity contribution < 1.29 is 19.2 Å². The Morgan fingerprint density at radius 1 is 1.42 bits per heavy atom. The van der Waals surface area contributed by atoms with E-state index in [9.17, 15) is 9.59 Å². The molecule has 1 aromatic carbocycles. The van der Waals surface area contributed by atoms with Gasteiger partial charge in [-0.05, 0) is 30.2 Å². The number of ether oxygens (including phenoxy) is 1. The summed E-state index contributed by atoms with van der Waals surface area (Å²) in [4.78, 5) is 27.6. The number of carbonyl (C=O) groups is 2. The van der Waals surface area contributed by atoms with Crippen LogP contribution in [-0.2, 0) is 14.3 Å². The van der Waals surface area contributed by atoms with Gasteiger partial charge in [0.2, 0.25) is 0 Å². The third kappa shape index (κ3) is 6.50. The van der Waals surface area contributed by atoms with Crippen LogP contribution in [0, 0.1) is 0 Å². The number of hydrogen-bond donors (Lipinski definition) is 1. The molecule has 1 aromatic rings. The van der Waals surface area contributed by atoms with Crippen LogP contribution in [0.4, 0.5) is 0 Å². The van der Waals surface area contributed by atoms with Gasteiger partial charge in [-0.2, -0.15) is 0 Å². The fourth-order valence-electron chi connectivity index (χ4n) is 2.26. The van der Waals surface area contributed by atoms with E-state index in [4.69, 9.17) is 17.0 Å². The van der Waals surface area contributed by atoms with E-state index in [0.717, 1.165) is 16.6 Å². The van der Waals surface area contributed by atoms with Gasteiger partial charge in [0.05, 0.1) is 19.0 Å². The number of thioether (sulfide) groups is 1. The maximum absolute atomic E-state index is 12.5. The molecule has 2 rings (SSSR count). The first-order valence-electron chi connectivity index (χ1n) is 8.32. The Morgan fingerprint density at radius 2 is 2.19 bits per heavy atom. The zero-order valence-corrected chi connectivity index (χ0v) is 18.0. The lowest BCUT2D eigenvalue weighted by atomic mass is 10.2. The van der Waals surface area contributed by atoms with Crippen molar-refractivity contribution in [2.24, 2.45) is 0 Å². The summed E-state index contributed by atoms with van der Waals surface area (Å²) in [6.45, 7) is 1.62. The number of amides is 1. The number of thiocarbonyl (C=S) groups is 1. The predicted molar refractivity (Wildman–Crippen MR) is 112 cm³/mol. The Kier molecular flexibility index (Phi) is 8.27. The standard InChI is InChI=1S/C18H21BrN2O3S2/c1-20(2)9-10-24-16(22)7-4-8-21-17(23)15(26-18(21)25)12-13-5-3-6-14(19)11-13/h3,5-6,11-12H,4,7-10H2,1-2H3/p+1/b15-12-. The van der Waals surface area contributed by atoms with E-state index in [1.54, 1.807) is 4.90 Å². The normalized spacial score (nSPS) is 16.0. The molecule has 0 atom stereocenters. The number of esters is 1. The quantitative estimate of drug-likeness (QED) is 0.368. The van der Waals surface area contributed by atoms with Gasteiger partial charge in [-0.25, -0.2) is 0 Å². The second-order valence-electron chi connectivity index (χ2n) is 6.17. The van der Waals surface area contributed by atoms with Gasteiger partial charge in [0.15, 0.2) is 0 Å². The summed E-state index contributed by atoms with van der Waals surface area (Å²) in [6.07, 6.45) is 2.65. The molecule has 8 heteroatoms. The zero-order valence-electron chi connectivity index (χ0n) is 14.8. The van der Waals surface area contributed by atoms with Crippen molar-refractivity contribution in [1.82, 2.24) is 4.90 Å². The fraction of sp³-hybridized carbons (Fsp3) is 0.389. The first kappa shape index (κ1) is 21.1. The average molecular weight is 458 g/mol. The monoisotopic (exact) mass is 457 g/mol. The van der Waals surface area contributed by atoms with Crippen molar-refractivity contribution in [2.75, 3.05) is 33.8 Å². The highest BCUT2D eigenvalue weighted by Crippen LogP contribution is 2.33. The lowest BCUT2D eigenvalue weighted by Gasteiger charge is -2.14. The van der Waals surface area contributed by atoms with Crippen molar-refractivity contribution in [3.63, 3.8) is 0 Å². The zero-order chi connectivity index (χ0) is 19.1. The maximum atomic E-state index is 12.5. The van der Waals surface area contributed by atoms with Gasteiger partial charge < -0.3 is 9.64 Å². The number of hydrogen-bond acceptors (Lipinski definition) is 5. The molecular weight excluding hydrogens is 436 g/mol. The van der Waals surface area contributed by atoms with Crippen molar-refractivity contribution in [3.8, 4) is 0 Å². The number of halogens is 1. The van der Waals surface area contributed by atoms with Crippen molar-refractivity contribution in [3.05, 3.63) is 39.2 Å². The summed E-state index contributed by atoms with van der Waals surface area (Å²) in [5.74, 6) is -0.342. The Hall–Kier alpha value is -1.22. The number of nitrogens with one attached hydrogen (secondary N) is 1. The minimum atomic E-state index is -0.235. The molecular formula is C18H22BrN2O3S2+. The van der Waals surface area contributed by atoms with Crippen LogP contribution >= 0.6 is 39.9 Å². The molecule has 0 spiro atoms. The lowest BCUT2D eigenvalue weighted by molar-refractivity contribution is -0.858. The maximum Gasteiger partial charge on any atom is 0.306 e. The third-order valence-electron chi connectivity index (χ3n) is 3.65. The van der Waals surface area contributed by atoms with E-state index in [-0.39, 0.29) is 18.3 Å². The van der Waals surface area contributed by atoms with Gasteiger partial charge in [-0.1, -0.05) is 52.0 Å². The molecule has 0 radical (unpaired) electrons. The first-order valence-corrected chi connectivity index (χ1v) is 10.3. The summed E-state index contributed by atoms with van der Waals surface area (Å²) >= 11 is 10.0. The second kappa shape index (κ2) is 10.2. The fourth-order valence-corrected chi connectivity index (χ4v) is 3.99. The third-order valence-corrected chi connectivity index (χ3v) is 5.52. The van der Waals surface area contributed by atoms with Crippen LogP contribution in [0.5, 0.6) is 0 Å². The SMILES string of the molecule is C[NH+](C)CCOC(=O)CCCN1C(=O)/C(=C/c2cccc(Br)c2)SC1=S. The van der Waals surface area contributed by atoms with Crippen molar-refractivity contribution in [1.29, 1.82) is 0 Å². The Morgan fingerprint density at radius 3 is 2.88 bits per heavy atom. The van der Waals surface area contributed by atoms with Crippen LogP contribution in [-0.4, -0.2) is 54.9 Å². The van der Waals surface area contributed by atoms with Gasteiger partial charge in [0.25, 0.3) is 5.91 Å². The van der Waals surface area contributed by atoms with Gasteiger partial charge in [-0.3, -0.25) is 14.5 Å². The number of quaternary nitrogens is 1. The van der Waals surface area contributed by atoms with Crippen molar-refractivity contribution >= 4 is 62.2 Å². The molecule has 140 valence electrons. The molecule has 0 saturated carbocycles. The highest BCUT2D eigenvalue weighted by atomic mass is 79.9. The summed E-state index contributed by atoms with van der Waals surface area (Å²) in [5, 5.41) is 0. The molecule has 1 N–H and O–H groups in total. The molecule has 26 heavy (non-hydrogen) atoms. The van der Waals surface area contributed by atoms with Crippen LogP contribution in [0.1, 0.15) is 18.4 Å². The Balaban J connectivity index is 1.84. The van der Waals surface area contributed by atoms with Crippen LogP contribution in [0.25, 0.3) is 6.08 Å². The largest absolute Gasteiger partial charge is 0.460 e. The van der Waals surface area contributed by atoms with Crippen LogP contribution < -0.4 is 4.90 Å². The summed E-state index contributed by atoms with van der Waals surface area (Å²) < 4.78 is 6.65. The number of likely N-dealkylation sites (N-methyl/N-ethyl adjacent to an activating group) is 1. The number of benzene rings is 1. The van der Waals surface area contributed by atoms with Gasteiger partial charge in [0.1, 0.15) is 17.5 Å². The van der Waals surface area contributed by atoms with Gasteiger partial charge in [0, 0.05) is 17.4 Å². The molecule has 1 aliphatic heterocycles. The lowest BCUT2D eigenvalue weighted by Crippen LogP contribution is -3.06. The van der Waals surface area contributed by atoms with Crippen LogP contribution in [0.3, 0.4) is 0 Å². The average Bonchev–Trinajstić information content (AvgIpc) is 2.82. The van der Waals surface area contributed by atoms with Gasteiger partial charge in [-0.15, -0.1) is 0 Å². The summed E-state index contributed by atoms with van der Waals surface area (Å²) in [6, 6.07) is 7.72. The molecule has 1 aliphatic rings. The van der Waals surface area contributed by atoms with Crippen LogP contribution in [0.15, 0.2) is 33.6 Å². The van der Waals surface area contributed by atoms with E-state index >= 15 is 0 Å². The minimum Gasteiger partial charge on any atom is -0.460 e. The number of carbonyl (C=O) groups excluding carboxylic acids is 2. The van der Waals surface area contributed by atoms with Crippen molar-refractivity contribution in [2.45, 2.75) is 12.8 Å².